The molecule has 28 heavy (non-hydrogen) atoms. The second kappa shape index (κ2) is 7.46. The lowest BCUT2D eigenvalue weighted by Crippen LogP contribution is -2.41. The van der Waals surface area contributed by atoms with Gasteiger partial charge in [0.25, 0.3) is 5.91 Å². The van der Waals surface area contributed by atoms with Gasteiger partial charge in [0.2, 0.25) is 5.43 Å². The number of carbonyl (C=O) groups is 1. The van der Waals surface area contributed by atoms with Crippen LogP contribution in [0.3, 0.4) is 0 Å². The molecule has 1 aliphatic rings. The first-order valence-corrected chi connectivity index (χ1v) is 8.69. The number of aryl methyl sites for hydroxylation is 1. The Morgan fingerprint density at radius 1 is 1.25 bits per heavy atom. The maximum Gasteiger partial charge on any atom is 0.418 e. The molecule has 0 aliphatic carbocycles. The number of rotatable bonds is 2. The average Bonchev–Trinajstić information content (AvgIpc) is 2.67. The van der Waals surface area contributed by atoms with Gasteiger partial charge < -0.3 is 4.90 Å². The number of likely N-dealkylation sites (tertiary alicyclic amines) is 1. The molecule has 1 aromatic carbocycles. The first-order chi connectivity index (χ1) is 13.2. The first-order valence-electron chi connectivity index (χ1n) is 8.69. The Bertz CT molecular complexity index is 999. The number of hydrogen-bond acceptors (Lipinski definition) is 4. The fraction of sp³-hybridized carbons (Fsp3) is 0.368. The van der Waals surface area contributed by atoms with Crippen LogP contribution in [0, 0.1) is 24.2 Å². The highest BCUT2D eigenvalue weighted by Gasteiger charge is 2.34. The van der Waals surface area contributed by atoms with Crippen LogP contribution in [0.5, 0.6) is 0 Å². The van der Waals surface area contributed by atoms with Gasteiger partial charge in [-0.2, -0.15) is 23.5 Å². The smallest absolute Gasteiger partial charge is 0.337 e. The number of para-hydroxylation sites is 1. The molecule has 1 fully saturated rings. The van der Waals surface area contributed by atoms with Gasteiger partial charge in [-0.15, -0.1) is 0 Å². The minimum atomic E-state index is -4.61. The Balaban J connectivity index is 2.03. The van der Waals surface area contributed by atoms with E-state index >= 15 is 0 Å². The van der Waals surface area contributed by atoms with E-state index < -0.39 is 28.8 Å². The number of nitriles is 1. The third-order valence-corrected chi connectivity index (χ3v) is 4.71. The van der Waals surface area contributed by atoms with E-state index in [4.69, 9.17) is 5.26 Å². The summed E-state index contributed by atoms with van der Waals surface area (Å²) in [5, 5.41) is 12.9. The molecule has 146 valence electrons. The SMILES string of the molecule is Cc1cc(=O)c(C(=O)N2CCC(C#N)CC2)nn1-c1ccccc1C(F)(F)F. The Hall–Kier alpha value is -3.15. The van der Waals surface area contributed by atoms with Gasteiger partial charge in [-0.05, 0) is 31.9 Å². The maximum atomic E-state index is 13.4. The third-order valence-electron chi connectivity index (χ3n) is 4.71. The van der Waals surface area contributed by atoms with Crippen molar-refractivity contribution in [2.75, 3.05) is 13.1 Å². The van der Waals surface area contributed by atoms with Crippen molar-refractivity contribution in [3.63, 3.8) is 0 Å². The molecule has 1 aromatic heterocycles. The van der Waals surface area contributed by atoms with E-state index in [0.29, 0.717) is 25.9 Å². The summed E-state index contributed by atoms with van der Waals surface area (Å²) in [6.07, 6.45) is -3.64. The fourth-order valence-electron chi connectivity index (χ4n) is 3.20. The molecule has 0 bridgehead atoms. The van der Waals surface area contributed by atoms with Crippen molar-refractivity contribution in [2.24, 2.45) is 5.92 Å². The molecule has 0 spiro atoms. The molecule has 6 nitrogen and oxygen atoms in total. The van der Waals surface area contributed by atoms with Crippen molar-refractivity contribution in [1.29, 1.82) is 5.26 Å². The zero-order valence-corrected chi connectivity index (χ0v) is 15.0. The number of benzene rings is 1. The number of alkyl halides is 3. The summed E-state index contributed by atoms with van der Waals surface area (Å²) in [6, 6.07) is 8.10. The highest BCUT2D eigenvalue weighted by molar-refractivity contribution is 5.92. The fourth-order valence-corrected chi connectivity index (χ4v) is 3.20. The van der Waals surface area contributed by atoms with Crippen LogP contribution in [-0.4, -0.2) is 33.7 Å². The highest BCUT2D eigenvalue weighted by Crippen LogP contribution is 2.33. The topological polar surface area (TPSA) is 79.0 Å². The third kappa shape index (κ3) is 3.76. The first kappa shape index (κ1) is 19.6. The van der Waals surface area contributed by atoms with E-state index in [2.05, 4.69) is 11.2 Å². The molecule has 1 saturated heterocycles. The molecule has 0 saturated carbocycles. The summed E-state index contributed by atoms with van der Waals surface area (Å²) in [5.41, 5.74) is -2.07. The van der Waals surface area contributed by atoms with Crippen LogP contribution in [0.15, 0.2) is 35.1 Å². The summed E-state index contributed by atoms with van der Waals surface area (Å²) in [7, 11) is 0. The maximum absolute atomic E-state index is 13.4. The van der Waals surface area contributed by atoms with E-state index in [-0.39, 0.29) is 17.3 Å². The van der Waals surface area contributed by atoms with Crippen LogP contribution in [-0.2, 0) is 6.18 Å². The van der Waals surface area contributed by atoms with Crippen LogP contribution >= 0.6 is 0 Å². The van der Waals surface area contributed by atoms with Gasteiger partial charge in [-0.1, -0.05) is 12.1 Å². The van der Waals surface area contributed by atoms with Crippen molar-refractivity contribution in [3.8, 4) is 11.8 Å². The van der Waals surface area contributed by atoms with Gasteiger partial charge in [0, 0.05) is 30.8 Å². The number of aromatic nitrogens is 2. The lowest BCUT2D eigenvalue weighted by Gasteiger charge is -2.28. The number of hydrogen-bond donors (Lipinski definition) is 0. The van der Waals surface area contributed by atoms with Crippen LogP contribution in [0.1, 0.15) is 34.6 Å². The average molecular weight is 390 g/mol. The quantitative estimate of drug-likeness (QED) is 0.790. The standard InChI is InChI=1S/C19H17F3N4O2/c1-12-10-16(27)17(18(28)25-8-6-13(11-23)7-9-25)24-26(12)15-5-3-2-4-14(15)19(20,21)22/h2-5,10,13H,6-9H2,1H3. The van der Waals surface area contributed by atoms with Crippen molar-refractivity contribution >= 4 is 5.91 Å². The van der Waals surface area contributed by atoms with E-state index in [9.17, 15) is 22.8 Å². The molecule has 1 amide bonds. The predicted octanol–water partition coefficient (Wildman–Crippen LogP) is 2.94. The van der Waals surface area contributed by atoms with Gasteiger partial charge in [-0.3, -0.25) is 9.59 Å². The summed E-state index contributed by atoms with van der Waals surface area (Å²) in [5.74, 6) is -0.787. The predicted molar refractivity (Wildman–Crippen MR) is 93.8 cm³/mol. The van der Waals surface area contributed by atoms with Gasteiger partial charge >= 0.3 is 6.18 Å². The number of halogens is 3. The van der Waals surface area contributed by atoms with Crippen molar-refractivity contribution in [3.05, 3.63) is 57.5 Å². The Labute approximate surface area is 158 Å². The summed E-state index contributed by atoms with van der Waals surface area (Å²) in [4.78, 5) is 26.5. The molecular formula is C19H17F3N4O2. The lowest BCUT2D eigenvalue weighted by atomic mass is 9.98. The highest BCUT2D eigenvalue weighted by atomic mass is 19.4. The zero-order chi connectivity index (χ0) is 20.5. The number of amides is 1. The van der Waals surface area contributed by atoms with Crippen LogP contribution < -0.4 is 5.43 Å². The van der Waals surface area contributed by atoms with E-state index in [0.717, 1.165) is 16.8 Å². The number of nitrogens with zero attached hydrogens (tertiary/aromatic N) is 4. The largest absolute Gasteiger partial charge is 0.418 e. The Morgan fingerprint density at radius 2 is 1.89 bits per heavy atom. The molecule has 2 heterocycles. The molecule has 0 unspecified atom stereocenters. The monoisotopic (exact) mass is 390 g/mol. The summed E-state index contributed by atoms with van der Waals surface area (Å²) < 4.78 is 41.1. The molecule has 9 heteroatoms. The number of carbonyl (C=O) groups excluding carboxylic acids is 1. The molecule has 3 rings (SSSR count). The van der Waals surface area contributed by atoms with E-state index in [1.807, 2.05) is 0 Å². The van der Waals surface area contributed by atoms with Crippen LogP contribution in [0.25, 0.3) is 5.69 Å². The molecule has 2 aromatic rings. The molecule has 0 radical (unpaired) electrons. The van der Waals surface area contributed by atoms with E-state index in [1.165, 1.54) is 30.0 Å². The van der Waals surface area contributed by atoms with Gasteiger partial charge in [0.15, 0.2) is 5.69 Å². The lowest BCUT2D eigenvalue weighted by molar-refractivity contribution is -0.137. The minimum absolute atomic E-state index is 0.148. The molecule has 0 N–H and O–H groups in total. The molecule has 0 atom stereocenters. The summed E-state index contributed by atoms with van der Waals surface area (Å²) >= 11 is 0. The molecular weight excluding hydrogens is 373 g/mol. The molecule has 1 aliphatic heterocycles. The van der Waals surface area contributed by atoms with E-state index in [1.54, 1.807) is 0 Å². The van der Waals surface area contributed by atoms with Crippen molar-refractivity contribution in [2.45, 2.75) is 25.9 Å². The van der Waals surface area contributed by atoms with Gasteiger partial charge in [0.05, 0.1) is 17.3 Å². The Morgan fingerprint density at radius 3 is 2.50 bits per heavy atom. The van der Waals surface area contributed by atoms with Crippen molar-refractivity contribution < 1.29 is 18.0 Å². The Kier molecular flexibility index (Phi) is 5.23. The van der Waals surface area contributed by atoms with Gasteiger partial charge in [-0.25, -0.2) is 4.68 Å². The summed E-state index contributed by atoms with van der Waals surface area (Å²) in [6.45, 7) is 2.05. The van der Waals surface area contributed by atoms with Gasteiger partial charge in [0.1, 0.15) is 0 Å². The van der Waals surface area contributed by atoms with Crippen molar-refractivity contribution in [1.82, 2.24) is 14.7 Å². The minimum Gasteiger partial charge on any atom is -0.337 e. The second-order valence-electron chi connectivity index (χ2n) is 6.62. The van der Waals surface area contributed by atoms with Crippen LogP contribution in [0.2, 0.25) is 0 Å². The number of piperidine rings is 1. The zero-order valence-electron chi connectivity index (χ0n) is 15.0. The second-order valence-corrected chi connectivity index (χ2v) is 6.62. The normalized spacial score (nSPS) is 15.3. The van der Waals surface area contributed by atoms with Crippen LogP contribution in [0.4, 0.5) is 13.2 Å².